The van der Waals surface area contributed by atoms with Crippen LogP contribution in [0.15, 0.2) is 48.5 Å². The first kappa shape index (κ1) is 11.9. The molecule has 0 bridgehead atoms. The Balaban J connectivity index is 2.39. The highest BCUT2D eigenvalue weighted by atomic mass is 79.9. The molecule has 0 aliphatic rings. The summed E-state index contributed by atoms with van der Waals surface area (Å²) in [5.41, 5.74) is 5.11. The molecule has 2 aromatic carbocycles. The molecule has 0 amide bonds. The van der Waals surface area contributed by atoms with Crippen LogP contribution in [0.3, 0.4) is 0 Å². The maximum absolute atomic E-state index is 3.49. The van der Waals surface area contributed by atoms with E-state index in [0.717, 1.165) is 0 Å². The number of aryl methyl sites for hydroxylation is 1. The van der Waals surface area contributed by atoms with Crippen LogP contribution in [-0.4, -0.2) is 0 Å². The zero-order valence-electron chi connectivity index (χ0n) is 8.95. The fourth-order valence-corrected chi connectivity index (χ4v) is 2.32. The minimum atomic E-state index is 0.228. The SMILES string of the molecule is Cc1ccccc1-c1ccc(C(Br)Br)cc1. The van der Waals surface area contributed by atoms with Crippen molar-refractivity contribution in [3.8, 4) is 11.1 Å². The van der Waals surface area contributed by atoms with E-state index in [2.05, 4.69) is 87.3 Å². The Labute approximate surface area is 113 Å². The molecule has 0 fully saturated rings. The van der Waals surface area contributed by atoms with Gasteiger partial charge in [0.15, 0.2) is 0 Å². The van der Waals surface area contributed by atoms with Gasteiger partial charge in [-0.15, -0.1) is 0 Å². The van der Waals surface area contributed by atoms with Gasteiger partial charge in [-0.2, -0.15) is 0 Å². The van der Waals surface area contributed by atoms with Gasteiger partial charge in [-0.1, -0.05) is 80.4 Å². The van der Waals surface area contributed by atoms with Gasteiger partial charge in [-0.3, -0.25) is 0 Å². The molecule has 0 unspecified atom stereocenters. The second-order valence-corrected chi connectivity index (χ2v) is 6.80. The topological polar surface area (TPSA) is 0 Å². The Kier molecular flexibility index (Phi) is 3.82. The average molecular weight is 340 g/mol. The number of alkyl halides is 2. The quantitative estimate of drug-likeness (QED) is 0.638. The summed E-state index contributed by atoms with van der Waals surface area (Å²) in [5.74, 6) is 0. The maximum Gasteiger partial charge on any atom is 0.0946 e. The maximum atomic E-state index is 3.49. The summed E-state index contributed by atoms with van der Waals surface area (Å²) < 4.78 is 0.228. The molecule has 2 heteroatoms. The molecule has 0 N–H and O–H groups in total. The second kappa shape index (κ2) is 5.15. The van der Waals surface area contributed by atoms with E-state index in [1.165, 1.54) is 22.3 Å². The Hall–Kier alpha value is -0.600. The monoisotopic (exact) mass is 338 g/mol. The molecule has 0 nitrogen and oxygen atoms in total. The zero-order valence-corrected chi connectivity index (χ0v) is 12.1. The van der Waals surface area contributed by atoms with Crippen LogP contribution >= 0.6 is 31.9 Å². The van der Waals surface area contributed by atoms with Crippen LogP contribution in [-0.2, 0) is 0 Å². The Morgan fingerprint density at radius 2 is 1.50 bits per heavy atom. The largest absolute Gasteiger partial charge is 0.0946 e. The lowest BCUT2D eigenvalue weighted by Crippen LogP contribution is -1.84. The van der Waals surface area contributed by atoms with Gasteiger partial charge in [-0.25, -0.2) is 0 Å². The molecule has 16 heavy (non-hydrogen) atoms. The summed E-state index contributed by atoms with van der Waals surface area (Å²) in [4.78, 5) is 0. The normalized spacial score (nSPS) is 10.8. The summed E-state index contributed by atoms with van der Waals surface area (Å²) in [5, 5.41) is 0. The number of rotatable bonds is 2. The third-order valence-electron chi connectivity index (χ3n) is 2.62. The van der Waals surface area contributed by atoms with E-state index in [4.69, 9.17) is 0 Å². The Morgan fingerprint density at radius 1 is 0.875 bits per heavy atom. The summed E-state index contributed by atoms with van der Waals surface area (Å²) in [6.45, 7) is 2.14. The smallest absolute Gasteiger partial charge is 0.0712 e. The molecule has 0 radical (unpaired) electrons. The van der Waals surface area contributed by atoms with E-state index < -0.39 is 0 Å². The predicted octanol–water partition coefficient (Wildman–Crippen LogP) is 5.45. The highest BCUT2D eigenvalue weighted by Crippen LogP contribution is 2.31. The van der Waals surface area contributed by atoms with Crippen LogP contribution in [0.1, 0.15) is 14.9 Å². The first-order valence-corrected chi connectivity index (χ1v) is 6.96. The molecule has 0 aliphatic carbocycles. The summed E-state index contributed by atoms with van der Waals surface area (Å²) in [7, 11) is 0. The summed E-state index contributed by atoms with van der Waals surface area (Å²) in [6.07, 6.45) is 0. The molecule has 2 aromatic rings. The molecule has 0 saturated heterocycles. The highest BCUT2D eigenvalue weighted by Gasteiger charge is 2.04. The average Bonchev–Trinajstić information content (AvgIpc) is 2.30. The lowest BCUT2D eigenvalue weighted by atomic mass is 10.00. The molecule has 0 aromatic heterocycles. The van der Waals surface area contributed by atoms with Crippen LogP contribution in [0.5, 0.6) is 0 Å². The van der Waals surface area contributed by atoms with E-state index >= 15 is 0 Å². The van der Waals surface area contributed by atoms with Crippen molar-refractivity contribution in [3.63, 3.8) is 0 Å². The number of halogens is 2. The standard InChI is InChI=1S/C14H12Br2/c1-10-4-2-3-5-13(10)11-6-8-12(9-7-11)14(15)16/h2-9,14H,1H3. The van der Waals surface area contributed by atoms with Crippen molar-refractivity contribution in [2.75, 3.05) is 0 Å². The van der Waals surface area contributed by atoms with Crippen LogP contribution in [0, 0.1) is 6.92 Å². The molecule has 0 saturated carbocycles. The van der Waals surface area contributed by atoms with Crippen molar-refractivity contribution >= 4 is 31.9 Å². The van der Waals surface area contributed by atoms with E-state index in [9.17, 15) is 0 Å². The summed E-state index contributed by atoms with van der Waals surface area (Å²) in [6, 6.07) is 17.0. The zero-order chi connectivity index (χ0) is 11.5. The van der Waals surface area contributed by atoms with Gasteiger partial charge >= 0.3 is 0 Å². The number of hydrogen-bond acceptors (Lipinski definition) is 0. The minimum Gasteiger partial charge on any atom is -0.0712 e. The van der Waals surface area contributed by atoms with Crippen LogP contribution in [0.4, 0.5) is 0 Å². The van der Waals surface area contributed by atoms with E-state index in [1.807, 2.05) is 0 Å². The number of benzene rings is 2. The Bertz CT molecular complexity index is 472. The van der Waals surface area contributed by atoms with Gasteiger partial charge in [0.05, 0.1) is 3.74 Å². The fraction of sp³-hybridized carbons (Fsp3) is 0.143. The molecule has 0 heterocycles. The molecule has 82 valence electrons. The fourth-order valence-electron chi connectivity index (χ4n) is 1.70. The van der Waals surface area contributed by atoms with Gasteiger partial charge in [0.1, 0.15) is 0 Å². The lowest BCUT2D eigenvalue weighted by molar-refractivity contribution is 1.40. The first-order chi connectivity index (χ1) is 7.68. The van der Waals surface area contributed by atoms with Gasteiger partial charge in [-0.05, 0) is 29.2 Å². The minimum absolute atomic E-state index is 0.228. The third kappa shape index (κ3) is 2.55. The van der Waals surface area contributed by atoms with Gasteiger partial charge in [0, 0.05) is 0 Å². The molecular formula is C14H12Br2. The van der Waals surface area contributed by atoms with Crippen molar-refractivity contribution in [2.24, 2.45) is 0 Å². The molecule has 0 atom stereocenters. The van der Waals surface area contributed by atoms with E-state index in [-0.39, 0.29) is 3.74 Å². The van der Waals surface area contributed by atoms with Crippen molar-refractivity contribution in [1.29, 1.82) is 0 Å². The van der Waals surface area contributed by atoms with Crippen LogP contribution in [0.2, 0.25) is 0 Å². The first-order valence-electron chi connectivity index (χ1n) is 5.12. The van der Waals surface area contributed by atoms with Gasteiger partial charge < -0.3 is 0 Å². The lowest BCUT2D eigenvalue weighted by Gasteiger charge is -2.07. The molecular weight excluding hydrogens is 328 g/mol. The molecule has 2 rings (SSSR count). The second-order valence-electron chi connectivity index (χ2n) is 3.74. The van der Waals surface area contributed by atoms with E-state index in [0.29, 0.717) is 0 Å². The number of hydrogen-bond donors (Lipinski definition) is 0. The molecule has 0 spiro atoms. The Morgan fingerprint density at radius 3 is 2.06 bits per heavy atom. The van der Waals surface area contributed by atoms with Gasteiger partial charge in [0.2, 0.25) is 0 Å². The van der Waals surface area contributed by atoms with E-state index in [1.54, 1.807) is 0 Å². The van der Waals surface area contributed by atoms with Gasteiger partial charge in [0.25, 0.3) is 0 Å². The molecule has 0 aliphatic heterocycles. The van der Waals surface area contributed by atoms with Crippen LogP contribution < -0.4 is 0 Å². The van der Waals surface area contributed by atoms with Crippen molar-refractivity contribution < 1.29 is 0 Å². The summed E-state index contributed by atoms with van der Waals surface area (Å²) >= 11 is 6.99. The third-order valence-corrected chi connectivity index (χ3v) is 3.68. The predicted molar refractivity (Wildman–Crippen MR) is 77.2 cm³/mol. The van der Waals surface area contributed by atoms with Crippen molar-refractivity contribution in [3.05, 3.63) is 59.7 Å². The highest BCUT2D eigenvalue weighted by molar-refractivity contribution is 9.24. The van der Waals surface area contributed by atoms with Crippen LogP contribution in [0.25, 0.3) is 11.1 Å². The van der Waals surface area contributed by atoms with Crippen molar-refractivity contribution in [2.45, 2.75) is 10.7 Å². The van der Waals surface area contributed by atoms with Crippen molar-refractivity contribution in [1.82, 2.24) is 0 Å².